The lowest BCUT2D eigenvalue weighted by atomic mass is 10.0. The first-order chi connectivity index (χ1) is 13.6. The number of hydrogen-bond donors (Lipinski definition) is 1. The van der Waals surface area contributed by atoms with E-state index < -0.39 is 18.2 Å². The van der Waals surface area contributed by atoms with Crippen molar-refractivity contribution >= 4 is 23.5 Å². The van der Waals surface area contributed by atoms with Crippen LogP contribution in [0.4, 0.5) is 0 Å². The van der Waals surface area contributed by atoms with Gasteiger partial charge >= 0.3 is 5.97 Å². The Morgan fingerprint density at radius 2 is 1.32 bits per heavy atom. The predicted octanol–water partition coefficient (Wildman–Crippen LogP) is 7.51. The van der Waals surface area contributed by atoms with Crippen molar-refractivity contribution in [1.29, 1.82) is 0 Å². The first-order valence-electron chi connectivity index (χ1n) is 11.1. The molecule has 1 heterocycles. The monoisotopic (exact) mass is 410 g/mol. The number of hydrogen-bond acceptors (Lipinski definition) is 4. The highest BCUT2D eigenvalue weighted by Gasteiger charge is 2.14. The molecule has 1 rings (SSSR count). The van der Waals surface area contributed by atoms with E-state index in [2.05, 4.69) is 6.92 Å². The van der Waals surface area contributed by atoms with Gasteiger partial charge in [-0.05, 0) is 18.6 Å². The Hall–Kier alpha value is -1.23. The molecule has 0 bridgehead atoms. The molecule has 0 fully saturated rings. The largest absolute Gasteiger partial charge is 0.481 e. The van der Waals surface area contributed by atoms with Gasteiger partial charge in [-0.3, -0.25) is 9.59 Å². The number of furan rings is 1. The van der Waals surface area contributed by atoms with Gasteiger partial charge in [0.05, 0.1) is 0 Å². The van der Waals surface area contributed by atoms with E-state index in [-0.39, 0.29) is 5.76 Å². The zero-order valence-electron chi connectivity index (χ0n) is 17.5. The van der Waals surface area contributed by atoms with Gasteiger partial charge in [0.25, 0.3) is 0 Å². The molecule has 0 atom stereocenters. The lowest BCUT2D eigenvalue weighted by Gasteiger charge is -2.03. The summed E-state index contributed by atoms with van der Waals surface area (Å²) in [7, 11) is 0. The lowest BCUT2D eigenvalue weighted by molar-refractivity contribution is -0.135. The molecule has 1 aromatic rings. The highest BCUT2D eigenvalue weighted by molar-refractivity contribution is 7.99. The van der Waals surface area contributed by atoms with Crippen LogP contribution in [-0.4, -0.2) is 22.6 Å². The molecule has 5 heteroatoms. The number of carbonyl (C=O) groups is 2. The van der Waals surface area contributed by atoms with Gasteiger partial charge < -0.3 is 9.52 Å². The van der Waals surface area contributed by atoms with Gasteiger partial charge in [-0.1, -0.05) is 102 Å². The molecule has 0 unspecified atom stereocenters. The van der Waals surface area contributed by atoms with E-state index in [0.29, 0.717) is 5.09 Å². The van der Waals surface area contributed by atoms with Crippen molar-refractivity contribution in [2.24, 2.45) is 0 Å². The van der Waals surface area contributed by atoms with Crippen LogP contribution in [0.3, 0.4) is 0 Å². The number of carboxylic acid groups (broad SMARTS) is 1. The fraction of sp³-hybridized carbons (Fsp3) is 0.739. The van der Waals surface area contributed by atoms with Crippen LogP contribution in [0.5, 0.6) is 0 Å². The summed E-state index contributed by atoms with van der Waals surface area (Å²) in [6, 6.07) is 3.32. The molecule has 0 aliphatic carbocycles. The van der Waals surface area contributed by atoms with Crippen LogP contribution in [0.25, 0.3) is 0 Å². The number of carbonyl (C=O) groups excluding carboxylic acids is 1. The highest BCUT2D eigenvalue weighted by atomic mass is 32.2. The first kappa shape index (κ1) is 24.8. The second-order valence-corrected chi connectivity index (χ2v) is 8.66. The maximum Gasteiger partial charge on any atom is 0.311 e. The van der Waals surface area contributed by atoms with Crippen LogP contribution in [0.15, 0.2) is 21.6 Å². The normalized spacial score (nSPS) is 11.0. The molecule has 0 aromatic carbocycles. The summed E-state index contributed by atoms with van der Waals surface area (Å²) in [6.45, 7) is 2.27. The van der Waals surface area contributed by atoms with E-state index in [1.54, 1.807) is 23.9 Å². The Labute approximate surface area is 174 Å². The number of ketones is 1. The van der Waals surface area contributed by atoms with Crippen molar-refractivity contribution in [2.75, 3.05) is 5.75 Å². The molecule has 0 aliphatic heterocycles. The molecule has 28 heavy (non-hydrogen) atoms. The van der Waals surface area contributed by atoms with Gasteiger partial charge in [-0.25, -0.2) is 0 Å². The fourth-order valence-electron chi connectivity index (χ4n) is 3.24. The molecule has 0 saturated heterocycles. The fourth-order valence-corrected chi connectivity index (χ4v) is 4.10. The Bertz CT molecular complexity index is 538. The van der Waals surface area contributed by atoms with E-state index in [4.69, 9.17) is 9.52 Å². The van der Waals surface area contributed by atoms with Crippen LogP contribution >= 0.6 is 11.8 Å². The first-order valence-corrected chi connectivity index (χ1v) is 12.1. The molecule has 160 valence electrons. The average molecular weight is 411 g/mol. The van der Waals surface area contributed by atoms with Crippen LogP contribution in [0.2, 0.25) is 0 Å². The summed E-state index contributed by atoms with van der Waals surface area (Å²) < 4.78 is 5.42. The van der Waals surface area contributed by atoms with E-state index in [1.165, 1.54) is 83.5 Å². The Morgan fingerprint density at radius 3 is 1.82 bits per heavy atom. The van der Waals surface area contributed by atoms with Crippen molar-refractivity contribution in [2.45, 2.75) is 108 Å². The number of carboxylic acids is 1. The van der Waals surface area contributed by atoms with Gasteiger partial charge in [0, 0.05) is 5.75 Å². The number of Topliss-reactive ketones (excluding diaryl/α,β-unsaturated/α-hetero) is 1. The van der Waals surface area contributed by atoms with Crippen LogP contribution in [0.1, 0.15) is 114 Å². The SMILES string of the molecule is CCCCCCCCCCCCCCCCSc1ccc(C(=O)CC(=O)O)o1. The second-order valence-electron chi connectivity index (χ2n) is 7.56. The zero-order valence-corrected chi connectivity index (χ0v) is 18.4. The van der Waals surface area contributed by atoms with Crippen molar-refractivity contribution in [1.82, 2.24) is 0 Å². The lowest BCUT2D eigenvalue weighted by Crippen LogP contribution is -2.05. The summed E-state index contributed by atoms with van der Waals surface area (Å²) in [5, 5.41) is 9.33. The third-order valence-electron chi connectivity index (χ3n) is 4.91. The third kappa shape index (κ3) is 13.0. The third-order valence-corrected chi connectivity index (χ3v) is 5.91. The summed E-state index contributed by atoms with van der Waals surface area (Å²) >= 11 is 1.60. The molecule has 0 radical (unpaired) electrons. The quantitative estimate of drug-likeness (QED) is 0.111. The highest BCUT2D eigenvalue weighted by Crippen LogP contribution is 2.23. The maximum absolute atomic E-state index is 11.6. The Balaban J connectivity index is 1.89. The maximum atomic E-state index is 11.6. The van der Waals surface area contributed by atoms with Gasteiger partial charge in [-0.15, -0.1) is 0 Å². The minimum Gasteiger partial charge on any atom is -0.481 e. The Kier molecular flexibility index (Phi) is 14.8. The van der Waals surface area contributed by atoms with E-state index in [1.807, 2.05) is 0 Å². The summed E-state index contributed by atoms with van der Waals surface area (Å²) in [6.07, 6.45) is 18.4. The number of aliphatic carboxylic acids is 1. The zero-order chi connectivity index (χ0) is 20.5. The number of thioether (sulfide) groups is 1. The molecular weight excluding hydrogens is 372 g/mol. The number of rotatable bonds is 19. The topological polar surface area (TPSA) is 67.5 Å². The van der Waals surface area contributed by atoms with Gasteiger partial charge in [-0.2, -0.15) is 0 Å². The molecule has 1 aromatic heterocycles. The molecule has 0 spiro atoms. The Morgan fingerprint density at radius 1 is 0.821 bits per heavy atom. The van der Waals surface area contributed by atoms with Gasteiger partial charge in [0.15, 0.2) is 10.9 Å². The van der Waals surface area contributed by atoms with E-state index in [9.17, 15) is 9.59 Å². The summed E-state index contributed by atoms with van der Waals surface area (Å²) in [4.78, 5) is 22.1. The van der Waals surface area contributed by atoms with Crippen molar-refractivity contribution in [3.8, 4) is 0 Å². The average Bonchev–Trinajstić information content (AvgIpc) is 3.13. The van der Waals surface area contributed by atoms with Crippen LogP contribution in [0, 0.1) is 0 Å². The second kappa shape index (κ2) is 16.7. The minimum absolute atomic E-state index is 0.144. The van der Waals surface area contributed by atoms with Crippen LogP contribution < -0.4 is 0 Å². The summed E-state index contributed by atoms with van der Waals surface area (Å²) in [5.41, 5.74) is 0. The molecular formula is C23H38O4S. The molecule has 4 nitrogen and oxygen atoms in total. The smallest absolute Gasteiger partial charge is 0.311 e. The summed E-state index contributed by atoms with van der Waals surface area (Å²) in [5.74, 6) is -0.488. The molecule has 1 N–H and O–H groups in total. The van der Waals surface area contributed by atoms with Crippen LogP contribution in [-0.2, 0) is 4.79 Å². The number of unbranched alkanes of at least 4 members (excludes halogenated alkanes) is 13. The standard InChI is InChI=1S/C23H38O4S/c1-2-3-4-5-6-7-8-9-10-11-12-13-14-15-18-28-23-17-16-21(27-23)20(24)19-22(25)26/h16-17H,2-15,18-19H2,1H3,(H,25,26). The van der Waals surface area contributed by atoms with E-state index in [0.717, 1.165) is 12.2 Å². The predicted molar refractivity (Wildman–Crippen MR) is 116 cm³/mol. The van der Waals surface area contributed by atoms with E-state index >= 15 is 0 Å². The molecule has 0 aliphatic rings. The minimum atomic E-state index is -1.13. The molecule has 0 saturated carbocycles. The van der Waals surface area contributed by atoms with Crippen molar-refractivity contribution in [3.63, 3.8) is 0 Å². The van der Waals surface area contributed by atoms with Gasteiger partial charge in [0.2, 0.25) is 5.78 Å². The van der Waals surface area contributed by atoms with Crippen molar-refractivity contribution < 1.29 is 19.1 Å². The molecule has 0 amide bonds. The van der Waals surface area contributed by atoms with Gasteiger partial charge in [0.1, 0.15) is 6.42 Å². The van der Waals surface area contributed by atoms with Crippen molar-refractivity contribution in [3.05, 3.63) is 17.9 Å².